The first kappa shape index (κ1) is 12.9. The molecule has 0 radical (unpaired) electrons. The molecule has 100 valence electrons. The van der Waals surface area contributed by atoms with E-state index < -0.39 is 0 Å². The maximum atomic E-state index is 12.7. The summed E-state index contributed by atoms with van der Waals surface area (Å²) in [6.07, 6.45) is 1.75. The van der Waals surface area contributed by atoms with E-state index in [9.17, 15) is 4.79 Å². The number of aryl methyl sites for hydroxylation is 1. The molecule has 0 saturated heterocycles. The van der Waals surface area contributed by atoms with Crippen LogP contribution in [0.15, 0.2) is 47.1 Å². The van der Waals surface area contributed by atoms with Gasteiger partial charge in [-0.15, -0.1) is 0 Å². The minimum atomic E-state index is -0.0108. The Hall–Kier alpha value is -2.07. The van der Waals surface area contributed by atoms with Crippen molar-refractivity contribution in [2.75, 3.05) is 5.73 Å². The molecule has 1 aromatic heterocycles. The SMILES string of the molecule is Cc1ccc(N)cc1C(=O)c1c[nH]c2cc(Br)ccc12. The Morgan fingerprint density at radius 2 is 1.95 bits per heavy atom. The van der Waals surface area contributed by atoms with E-state index in [0.29, 0.717) is 16.8 Å². The van der Waals surface area contributed by atoms with Crippen LogP contribution < -0.4 is 5.73 Å². The van der Waals surface area contributed by atoms with Crippen LogP contribution in [0.1, 0.15) is 21.5 Å². The highest BCUT2D eigenvalue weighted by atomic mass is 79.9. The third-order valence-electron chi connectivity index (χ3n) is 3.39. The van der Waals surface area contributed by atoms with E-state index >= 15 is 0 Å². The largest absolute Gasteiger partial charge is 0.399 e. The smallest absolute Gasteiger partial charge is 0.195 e. The molecule has 3 rings (SSSR count). The Labute approximate surface area is 124 Å². The summed E-state index contributed by atoms with van der Waals surface area (Å²) < 4.78 is 0.978. The molecule has 0 bridgehead atoms. The average Bonchev–Trinajstić information content (AvgIpc) is 2.83. The number of aromatic nitrogens is 1. The highest BCUT2D eigenvalue weighted by molar-refractivity contribution is 9.10. The number of halogens is 1. The fourth-order valence-electron chi connectivity index (χ4n) is 2.32. The molecule has 3 nitrogen and oxygen atoms in total. The number of fused-ring (bicyclic) bond motifs is 1. The van der Waals surface area contributed by atoms with Crippen molar-refractivity contribution in [2.45, 2.75) is 6.92 Å². The first-order valence-electron chi connectivity index (χ1n) is 6.24. The molecule has 0 aliphatic heterocycles. The molecule has 20 heavy (non-hydrogen) atoms. The Morgan fingerprint density at radius 3 is 2.75 bits per heavy atom. The van der Waals surface area contributed by atoms with Gasteiger partial charge in [0.2, 0.25) is 0 Å². The lowest BCUT2D eigenvalue weighted by atomic mass is 9.98. The standard InChI is InChI=1S/C16H13BrN2O/c1-9-2-4-11(18)7-13(9)16(20)14-8-19-15-6-10(17)3-5-12(14)15/h2-8,19H,18H2,1H3. The number of nitrogens with two attached hydrogens (primary N) is 1. The van der Waals surface area contributed by atoms with Crippen molar-refractivity contribution in [3.05, 3.63) is 63.8 Å². The van der Waals surface area contributed by atoms with E-state index in [0.717, 1.165) is 20.9 Å². The van der Waals surface area contributed by atoms with Crippen molar-refractivity contribution in [3.63, 3.8) is 0 Å². The molecular weight excluding hydrogens is 316 g/mol. The molecule has 1 heterocycles. The van der Waals surface area contributed by atoms with Gasteiger partial charge in [0.25, 0.3) is 0 Å². The summed E-state index contributed by atoms with van der Waals surface area (Å²) in [5, 5.41) is 0.917. The van der Waals surface area contributed by atoms with Gasteiger partial charge in [0.1, 0.15) is 0 Å². The summed E-state index contributed by atoms with van der Waals surface area (Å²) in [4.78, 5) is 15.8. The van der Waals surface area contributed by atoms with Crippen LogP contribution in [0.3, 0.4) is 0 Å². The van der Waals surface area contributed by atoms with Gasteiger partial charge in [0, 0.05) is 38.4 Å². The van der Waals surface area contributed by atoms with E-state index in [-0.39, 0.29) is 5.78 Å². The number of carbonyl (C=O) groups is 1. The predicted octanol–water partition coefficient (Wildman–Crippen LogP) is 4.05. The Kier molecular flexibility index (Phi) is 3.10. The number of rotatable bonds is 2. The molecule has 2 aromatic carbocycles. The van der Waals surface area contributed by atoms with Gasteiger partial charge in [0.05, 0.1) is 0 Å². The van der Waals surface area contributed by atoms with Crippen molar-refractivity contribution in [2.24, 2.45) is 0 Å². The number of benzene rings is 2. The van der Waals surface area contributed by atoms with Crippen LogP contribution in [-0.2, 0) is 0 Å². The Morgan fingerprint density at radius 1 is 1.15 bits per heavy atom. The molecule has 0 spiro atoms. The summed E-state index contributed by atoms with van der Waals surface area (Å²) in [5.41, 5.74) is 9.56. The highest BCUT2D eigenvalue weighted by Gasteiger charge is 2.16. The minimum absolute atomic E-state index is 0.0108. The summed E-state index contributed by atoms with van der Waals surface area (Å²) in [6, 6.07) is 11.2. The zero-order valence-electron chi connectivity index (χ0n) is 10.9. The van der Waals surface area contributed by atoms with Crippen LogP contribution in [0.5, 0.6) is 0 Å². The van der Waals surface area contributed by atoms with Crippen LogP contribution in [0.2, 0.25) is 0 Å². The third-order valence-corrected chi connectivity index (χ3v) is 3.89. The predicted molar refractivity (Wildman–Crippen MR) is 85.0 cm³/mol. The van der Waals surface area contributed by atoms with Crippen molar-refractivity contribution in [3.8, 4) is 0 Å². The van der Waals surface area contributed by atoms with Crippen LogP contribution >= 0.6 is 15.9 Å². The number of nitrogen functional groups attached to an aromatic ring is 1. The zero-order chi connectivity index (χ0) is 14.3. The summed E-state index contributed by atoms with van der Waals surface area (Å²) in [5.74, 6) is -0.0108. The molecule has 0 unspecified atom stereocenters. The maximum absolute atomic E-state index is 12.7. The molecule has 3 N–H and O–H groups in total. The number of hydrogen-bond donors (Lipinski definition) is 2. The number of hydrogen-bond acceptors (Lipinski definition) is 2. The first-order chi connectivity index (χ1) is 9.56. The van der Waals surface area contributed by atoms with E-state index in [2.05, 4.69) is 20.9 Å². The second kappa shape index (κ2) is 4.80. The number of ketones is 1. The Bertz CT molecular complexity index is 820. The number of nitrogens with one attached hydrogen (secondary N) is 1. The average molecular weight is 329 g/mol. The van der Waals surface area contributed by atoms with Crippen molar-refractivity contribution in [1.29, 1.82) is 0 Å². The van der Waals surface area contributed by atoms with Crippen LogP contribution in [0, 0.1) is 6.92 Å². The fourth-order valence-corrected chi connectivity index (χ4v) is 2.68. The fraction of sp³-hybridized carbons (Fsp3) is 0.0625. The minimum Gasteiger partial charge on any atom is -0.399 e. The van der Waals surface area contributed by atoms with Gasteiger partial charge < -0.3 is 10.7 Å². The topological polar surface area (TPSA) is 58.9 Å². The summed E-state index contributed by atoms with van der Waals surface area (Å²) in [7, 11) is 0. The molecule has 4 heteroatoms. The normalized spacial score (nSPS) is 10.9. The van der Waals surface area contributed by atoms with Crippen LogP contribution in [0.4, 0.5) is 5.69 Å². The lowest BCUT2D eigenvalue weighted by Crippen LogP contribution is -2.04. The molecule has 0 fully saturated rings. The highest BCUT2D eigenvalue weighted by Crippen LogP contribution is 2.25. The molecule has 0 aliphatic rings. The lowest BCUT2D eigenvalue weighted by Gasteiger charge is -2.05. The molecular formula is C16H13BrN2O. The van der Waals surface area contributed by atoms with Crippen LogP contribution in [-0.4, -0.2) is 10.8 Å². The van der Waals surface area contributed by atoms with E-state index in [1.165, 1.54) is 0 Å². The van der Waals surface area contributed by atoms with Gasteiger partial charge >= 0.3 is 0 Å². The van der Waals surface area contributed by atoms with E-state index in [4.69, 9.17) is 5.73 Å². The lowest BCUT2D eigenvalue weighted by molar-refractivity contribution is 0.104. The first-order valence-corrected chi connectivity index (χ1v) is 7.03. The molecule has 0 saturated carbocycles. The van der Waals surface area contributed by atoms with Crippen molar-refractivity contribution >= 4 is 38.3 Å². The monoisotopic (exact) mass is 328 g/mol. The quantitative estimate of drug-likeness (QED) is 0.550. The Balaban J connectivity index is 2.15. The second-order valence-corrected chi connectivity index (χ2v) is 5.71. The van der Waals surface area contributed by atoms with Crippen molar-refractivity contribution in [1.82, 2.24) is 4.98 Å². The van der Waals surface area contributed by atoms with Crippen LogP contribution in [0.25, 0.3) is 10.9 Å². The van der Waals surface area contributed by atoms with Gasteiger partial charge in [-0.05, 0) is 36.8 Å². The van der Waals surface area contributed by atoms with E-state index in [1.54, 1.807) is 18.3 Å². The van der Waals surface area contributed by atoms with Gasteiger partial charge in [-0.1, -0.05) is 28.1 Å². The molecule has 0 atom stereocenters. The number of carbonyl (C=O) groups excluding carboxylic acids is 1. The second-order valence-electron chi connectivity index (χ2n) is 4.80. The third kappa shape index (κ3) is 2.12. The molecule has 0 amide bonds. The molecule has 3 aromatic rings. The van der Waals surface area contributed by atoms with Gasteiger partial charge in [0.15, 0.2) is 5.78 Å². The maximum Gasteiger partial charge on any atom is 0.195 e. The van der Waals surface area contributed by atoms with E-state index in [1.807, 2.05) is 31.2 Å². The van der Waals surface area contributed by atoms with Gasteiger partial charge in [-0.2, -0.15) is 0 Å². The summed E-state index contributed by atoms with van der Waals surface area (Å²) in [6.45, 7) is 1.91. The number of aromatic amines is 1. The van der Waals surface area contributed by atoms with Crippen molar-refractivity contribution < 1.29 is 4.79 Å². The zero-order valence-corrected chi connectivity index (χ0v) is 12.5. The summed E-state index contributed by atoms with van der Waals surface area (Å²) >= 11 is 3.42. The van der Waals surface area contributed by atoms with Gasteiger partial charge in [-0.25, -0.2) is 0 Å². The number of H-pyrrole nitrogens is 1. The van der Waals surface area contributed by atoms with Gasteiger partial charge in [-0.3, -0.25) is 4.79 Å². The number of anilines is 1. The molecule has 0 aliphatic carbocycles.